The van der Waals surface area contributed by atoms with Crippen LogP contribution in [0.25, 0.3) is 11.3 Å². The molecule has 14 heavy (non-hydrogen) atoms. The quantitative estimate of drug-likeness (QED) is 0.765. The minimum atomic E-state index is 0.287. The number of benzene rings is 1. The lowest BCUT2D eigenvalue weighted by atomic mass is 10.2. The number of hydrogen-bond acceptors (Lipinski definition) is 2. The monoisotopic (exact) mass is 335 g/mol. The molecule has 0 fully saturated rings. The molecule has 0 spiro atoms. The Balaban J connectivity index is 2.52. The van der Waals surface area contributed by atoms with Crippen LogP contribution in [0.1, 0.15) is 0 Å². The number of hydrogen-bond donors (Lipinski definition) is 0. The van der Waals surface area contributed by atoms with Gasteiger partial charge >= 0.3 is 0 Å². The van der Waals surface area contributed by atoms with Crippen molar-refractivity contribution in [3.8, 4) is 11.3 Å². The van der Waals surface area contributed by atoms with Crippen molar-refractivity contribution in [1.29, 1.82) is 0 Å². The van der Waals surface area contributed by atoms with E-state index in [9.17, 15) is 0 Å². The van der Waals surface area contributed by atoms with Gasteiger partial charge in [-0.1, -0.05) is 43.1 Å². The molecule has 1 heterocycles. The minimum Gasteiger partial charge on any atom is -0.344 e. The van der Waals surface area contributed by atoms with Gasteiger partial charge in [-0.3, -0.25) is 0 Å². The van der Waals surface area contributed by atoms with Gasteiger partial charge < -0.3 is 4.52 Å². The number of rotatable bonds is 1. The molecular weight excluding hydrogens is 333 g/mol. The van der Waals surface area contributed by atoms with Gasteiger partial charge in [0.05, 0.1) is 0 Å². The molecule has 0 unspecified atom stereocenters. The molecule has 0 saturated heterocycles. The molecule has 72 valence electrons. The molecule has 2 nitrogen and oxygen atoms in total. The lowest BCUT2D eigenvalue weighted by molar-refractivity contribution is 0.424. The predicted octanol–water partition coefficient (Wildman–Crippen LogP) is 4.52. The van der Waals surface area contributed by atoms with Crippen LogP contribution >= 0.6 is 43.5 Å². The Morgan fingerprint density at radius 1 is 1.21 bits per heavy atom. The van der Waals surface area contributed by atoms with E-state index in [1.165, 1.54) is 0 Å². The highest BCUT2D eigenvalue weighted by molar-refractivity contribution is 9.11. The van der Waals surface area contributed by atoms with Gasteiger partial charge in [0.1, 0.15) is 5.69 Å². The second-order valence-corrected chi connectivity index (χ2v) is 4.78. The molecule has 1 aromatic carbocycles. The van der Waals surface area contributed by atoms with Crippen LogP contribution in [0.2, 0.25) is 5.22 Å². The average Bonchev–Trinajstić information content (AvgIpc) is 2.51. The third-order valence-corrected chi connectivity index (χ3v) is 3.02. The van der Waals surface area contributed by atoms with Crippen LogP contribution in [0, 0.1) is 0 Å². The van der Waals surface area contributed by atoms with Gasteiger partial charge in [0.15, 0.2) is 0 Å². The lowest BCUT2D eigenvalue weighted by Crippen LogP contribution is -1.78. The average molecular weight is 337 g/mol. The first kappa shape index (κ1) is 10.2. The first-order chi connectivity index (χ1) is 6.66. The zero-order chi connectivity index (χ0) is 10.1. The normalized spacial score (nSPS) is 10.5. The fraction of sp³-hybridized carbons (Fsp3) is 0. The van der Waals surface area contributed by atoms with Crippen molar-refractivity contribution in [2.75, 3.05) is 0 Å². The SMILES string of the molecule is Clc1cc(-c2ccc(Br)cc2Br)no1. The highest BCUT2D eigenvalue weighted by atomic mass is 79.9. The Morgan fingerprint density at radius 3 is 2.57 bits per heavy atom. The van der Waals surface area contributed by atoms with Crippen LogP contribution in [-0.2, 0) is 0 Å². The summed E-state index contributed by atoms with van der Waals surface area (Å²) in [6.45, 7) is 0. The molecule has 0 amide bonds. The van der Waals surface area contributed by atoms with Crippen LogP contribution in [0.4, 0.5) is 0 Å². The Morgan fingerprint density at radius 2 is 2.00 bits per heavy atom. The van der Waals surface area contributed by atoms with E-state index in [1.807, 2.05) is 18.2 Å². The molecule has 0 radical (unpaired) electrons. The van der Waals surface area contributed by atoms with Crippen LogP contribution in [0.15, 0.2) is 37.7 Å². The molecule has 0 N–H and O–H groups in total. The molecular formula is C9H4Br2ClNO. The molecule has 0 atom stereocenters. The Bertz CT molecular complexity index is 470. The molecule has 0 bridgehead atoms. The summed E-state index contributed by atoms with van der Waals surface area (Å²) in [6.07, 6.45) is 0. The maximum atomic E-state index is 5.64. The summed E-state index contributed by atoms with van der Waals surface area (Å²) >= 11 is 12.5. The summed E-state index contributed by atoms with van der Waals surface area (Å²) in [5, 5.41) is 4.11. The number of halogens is 3. The maximum absolute atomic E-state index is 5.64. The predicted molar refractivity (Wildman–Crippen MR) is 62.3 cm³/mol. The van der Waals surface area contributed by atoms with Gasteiger partial charge in [0, 0.05) is 20.6 Å². The standard InChI is InChI=1S/C9H4Br2ClNO/c10-5-1-2-6(7(11)3-5)8-4-9(12)14-13-8/h1-4H. The molecule has 1 aromatic heterocycles. The third kappa shape index (κ3) is 2.02. The first-order valence-corrected chi connectivity index (χ1v) is 5.71. The smallest absolute Gasteiger partial charge is 0.226 e. The van der Waals surface area contributed by atoms with Gasteiger partial charge in [0.25, 0.3) is 0 Å². The second kappa shape index (κ2) is 4.04. The molecule has 0 aliphatic carbocycles. The van der Waals surface area contributed by atoms with Gasteiger partial charge in [-0.2, -0.15) is 0 Å². The zero-order valence-corrected chi connectivity index (χ0v) is 10.7. The van der Waals surface area contributed by atoms with Gasteiger partial charge in [-0.25, -0.2) is 0 Å². The molecule has 0 aliphatic rings. The highest BCUT2D eigenvalue weighted by Gasteiger charge is 2.08. The summed E-state index contributed by atoms with van der Waals surface area (Å²) in [6, 6.07) is 7.48. The van der Waals surface area contributed by atoms with Gasteiger partial charge in [0.2, 0.25) is 5.22 Å². The molecule has 0 saturated carbocycles. The van der Waals surface area contributed by atoms with E-state index < -0.39 is 0 Å². The minimum absolute atomic E-state index is 0.287. The van der Waals surface area contributed by atoms with Crippen molar-refractivity contribution in [2.24, 2.45) is 0 Å². The van der Waals surface area contributed by atoms with E-state index in [1.54, 1.807) is 6.07 Å². The van der Waals surface area contributed by atoms with Crippen molar-refractivity contribution < 1.29 is 4.52 Å². The van der Waals surface area contributed by atoms with E-state index in [0.29, 0.717) is 0 Å². The van der Waals surface area contributed by atoms with E-state index in [2.05, 4.69) is 37.0 Å². The van der Waals surface area contributed by atoms with Crippen molar-refractivity contribution in [3.63, 3.8) is 0 Å². The number of aromatic nitrogens is 1. The van der Waals surface area contributed by atoms with Gasteiger partial charge in [-0.15, -0.1) is 0 Å². The summed E-state index contributed by atoms with van der Waals surface area (Å²) in [4.78, 5) is 0. The zero-order valence-electron chi connectivity index (χ0n) is 6.80. The summed E-state index contributed by atoms with van der Waals surface area (Å²) in [5.74, 6) is 0. The first-order valence-electron chi connectivity index (χ1n) is 3.74. The highest BCUT2D eigenvalue weighted by Crippen LogP contribution is 2.31. The van der Waals surface area contributed by atoms with Crippen molar-refractivity contribution in [2.45, 2.75) is 0 Å². The fourth-order valence-electron chi connectivity index (χ4n) is 1.08. The second-order valence-electron chi connectivity index (χ2n) is 2.64. The van der Waals surface area contributed by atoms with Crippen LogP contribution in [0.3, 0.4) is 0 Å². The molecule has 5 heteroatoms. The van der Waals surface area contributed by atoms with E-state index in [0.717, 1.165) is 20.2 Å². The maximum Gasteiger partial charge on any atom is 0.226 e. The Hall–Kier alpha value is -0.320. The number of nitrogens with zero attached hydrogens (tertiary/aromatic N) is 1. The Labute approximate surface area is 102 Å². The third-order valence-electron chi connectivity index (χ3n) is 1.69. The van der Waals surface area contributed by atoms with Crippen molar-refractivity contribution >= 4 is 43.5 Å². The van der Waals surface area contributed by atoms with Crippen LogP contribution in [0.5, 0.6) is 0 Å². The van der Waals surface area contributed by atoms with Crippen LogP contribution < -0.4 is 0 Å². The summed E-state index contributed by atoms with van der Waals surface area (Å²) in [5.41, 5.74) is 1.67. The topological polar surface area (TPSA) is 26.0 Å². The largest absolute Gasteiger partial charge is 0.344 e. The Kier molecular flexibility index (Phi) is 2.95. The molecule has 2 aromatic rings. The fourth-order valence-corrected chi connectivity index (χ4v) is 2.47. The van der Waals surface area contributed by atoms with E-state index in [4.69, 9.17) is 16.1 Å². The molecule has 0 aliphatic heterocycles. The van der Waals surface area contributed by atoms with E-state index in [-0.39, 0.29) is 5.22 Å². The molecule has 2 rings (SSSR count). The van der Waals surface area contributed by atoms with Crippen molar-refractivity contribution in [3.05, 3.63) is 38.4 Å². The van der Waals surface area contributed by atoms with E-state index >= 15 is 0 Å². The van der Waals surface area contributed by atoms with Crippen LogP contribution in [-0.4, -0.2) is 5.16 Å². The summed E-state index contributed by atoms with van der Waals surface area (Å²) in [7, 11) is 0. The summed E-state index contributed by atoms with van der Waals surface area (Å²) < 4.78 is 6.73. The van der Waals surface area contributed by atoms with Crippen molar-refractivity contribution in [1.82, 2.24) is 5.16 Å². The lowest BCUT2D eigenvalue weighted by Gasteiger charge is -1.99. The van der Waals surface area contributed by atoms with Gasteiger partial charge in [-0.05, 0) is 23.7 Å².